The Kier molecular flexibility index (Phi) is 5.36. The number of aromatic nitrogens is 1. The van der Waals surface area contributed by atoms with E-state index in [1.54, 1.807) is 6.20 Å². The van der Waals surface area contributed by atoms with Crippen molar-refractivity contribution in [3.63, 3.8) is 0 Å². The van der Waals surface area contributed by atoms with Gasteiger partial charge in [-0.05, 0) is 23.3 Å². The molecule has 0 saturated carbocycles. The Balaban J connectivity index is 1.62. The number of fused-ring (bicyclic) bond motifs is 1. The van der Waals surface area contributed by atoms with E-state index in [0.29, 0.717) is 6.42 Å². The van der Waals surface area contributed by atoms with E-state index in [2.05, 4.69) is 10.3 Å². The minimum absolute atomic E-state index is 0.149. The lowest BCUT2D eigenvalue weighted by Gasteiger charge is -2.14. The lowest BCUT2D eigenvalue weighted by atomic mass is 10.0. The highest BCUT2D eigenvalue weighted by Gasteiger charge is 2.15. The maximum Gasteiger partial charge on any atom is 0.408 e. The second kappa shape index (κ2) is 8.06. The van der Waals surface area contributed by atoms with Gasteiger partial charge in [-0.25, -0.2) is 4.79 Å². The van der Waals surface area contributed by atoms with Crippen LogP contribution in [0.15, 0.2) is 66.9 Å². The van der Waals surface area contributed by atoms with Crippen LogP contribution in [-0.2, 0) is 22.6 Å². The second-order valence-corrected chi connectivity index (χ2v) is 5.57. The molecule has 125 valence electrons. The molecule has 5 nitrogen and oxygen atoms in total. The molecule has 0 aliphatic heterocycles. The van der Waals surface area contributed by atoms with Crippen LogP contribution in [0.5, 0.6) is 0 Å². The average molecular weight is 333 g/mol. The van der Waals surface area contributed by atoms with Crippen molar-refractivity contribution in [3.8, 4) is 0 Å². The number of hydrogen-bond donors (Lipinski definition) is 1. The number of amides is 1. The molecule has 1 atom stereocenters. The molecule has 0 aliphatic carbocycles. The molecule has 0 spiro atoms. The van der Waals surface area contributed by atoms with Crippen LogP contribution in [0.25, 0.3) is 10.9 Å². The fourth-order valence-corrected chi connectivity index (χ4v) is 2.59. The summed E-state index contributed by atoms with van der Waals surface area (Å²) in [6.07, 6.45) is 3.26. The van der Waals surface area contributed by atoms with E-state index in [0.717, 1.165) is 22.0 Å². The van der Waals surface area contributed by atoms with Crippen LogP contribution >= 0.6 is 0 Å². The SMILES string of the molecule is O=[C][C@H](Cc1cccc2ncccc12)NC(=O)OCc1ccccc1. The number of hydrogen-bond acceptors (Lipinski definition) is 4. The van der Waals surface area contributed by atoms with Gasteiger partial charge < -0.3 is 10.1 Å². The third-order valence-electron chi connectivity index (χ3n) is 3.81. The minimum Gasteiger partial charge on any atom is -0.445 e. The molecule has 0 bridgehead atoms. The Morgan fingerprint density at radius 2 is 1.92 bits per heavy atom. The molecule has 0 fully saturated rings. The minimum atomic E-state index is -0.783. The lowest BCUT2D eigenvalue weighted by Crippen LogP contribution is -2.37. The highest BCUT2D eigenvalue weighted by Crippen LogP contribution is 2.17. The molecule has 0 aliphatic rings. The number of carbonyl (C=O) groups excluding carboxylic acids is 2. The number of ether oxygens (including phenoxy) is 1. The van der Waals surface area contributed by atoms with Gasteiger partial charge in [-0.15, -0.1) is 0 Å². The molecule has 5 heteroatoms. The van der Waals surface area contributed by atoms with Gasteiger partial charge in [0.05, 0.1) is 5.52 Å². The summed E-state index contributed by atoms with van der Waals surface area (Å²) < 4.78 is 5.14. The molecule has 0 saturated heterocycles. The predicted molar refractivity (Wildman–Crippen MR) is 94.7 cm³/mol. The third kappa shape index (κ3) is 4.41. The zero-order valence-corrected chi connectivity index (χ0v) is 13.5. The maximum atomic E-state index is 11.9. The zero-order valence-electron chi connectivity index (χ0n) is 13.5. The van der Waals surface area contributed by atoms with E-state index in [1.165, 1.54) is 0 Å². The largest absolute Gasteiger partial charge is 0.445 e. The van der Waals surface area contributed by atoms with Gasteiger partial charge in [0.2, 0.25) is 6.29 Å². The van der Waals surface area contributed by atoms with E-state index in [9.17, 15) is 9.59 Å². The first-order chi connectivity index (χ1) is 12.3. The van der Waals surface area contributed by atoms with Gasteiger partial charge in [0.15, 0.2) is 0 Å². The van der Waals surface area contributed by atoms with E-state index >= 15 is 0 Å². The van der Waals surface area contributed by atoms with Crippen molar-refractivity contribution < 1.29 is 14.3 Å². The molecule has 0 unspecified atom stereocenters. The number of carbonyl (C=O) groups is 1. The zero-order chi connectivity index (χ0) is 17.5. The summed E-state index contributed by atoms with van der Waals surface area (Å²) >= 11 is 0. The standard InChI is InChI=1S/C20H17N2O3/c23-13-17(22-20(24)25-14-15-6-2-1-3-7-15)12-16-8-4-10-19-18(16)9-5-11-21-19/h1-11,17H,12,14H2,(H,22,24)/t17-/m0/s1. The molecule has 1 heterocycles. The summed E-state index contributed by atoms with van der Waals surface area (Å²) in [5.41, 5.74) is 2.64. The molecule has 25 heavy (non-hydrogen) atoms. The molecule has 1 N–H and O–H groups in total. The molecule has 1 aromatic heterocycles. The van der Waals surface area contributed by atoms with Crippen LogP contribution in [0.2, 0.25) is 0 Å². The van der Waals surface area contributed by atoms with Crippen LogP contribution in [-0.4, -0.2) is 23.4 Å². The predicted octanol–water partition coefficient (Wildman–Crippen LogP) is 3.18. The van der Waals surface area contributed by atoms with E-state index in [4.69, 9.17) is 4.74 Å². The first-order valence-corrected chi connectivity index (χ1v) is 7.94. The Morgan fingerprint density at radius 1 is 1.08 bits per heavy atom. The van der Waals surface area contributed by atoms with Gasteiger partial charge >= 0.3 is 6.09 Å². The smallest absolute Gasteiger partial charge is 0.408 e. The number of pyridine rings is 1. The van der Waals surface area contributed by atoms with Crippen molar-refractivity contribution in [2.24, 2.45) is 0 Å². The average Bonchev–Trinajstić information content (AvgIpc) is 2.67. The van der Waals surface area contributed by atoms with E-state index in [1.807, 2.05) is 66.9 Å². The summed E-state index contributed by atoms with van der Waals surface area (Å²) in [6, 6.07) is 18.0. The van der Waals surface area contributed by atoms with Gasteiger partial charge in [-0.1, -0.05) is 48.5 Å². The summed E-state index contributed by atoms with van der Waals surface area (Å²) in [5.74, 6) is 0. The summed E-state index contributed by atoms with van der Waals surface area (Å²) in [7, 11) is 0. The number of alkyl carbamates (subject to hydrolysis) is 1. The van der Waals surface area contributed by atoms with Gasteiger partial charge in [0.25, 0.3) is 0 Å². The maximum absolute atomic E-state index is 11.9. The Bertz CT molecular complexity index is 860. The van der Waals surface area contributed by atoms with E-state index < -0.39 is 12.1 Å². The van der Waals surface area contributed by atoms with Crippen LogP contribution in [0, 0.1) is 0 Å². The van der Waals surface area contributed by atoms with Crippen molar-refractivity contribution in [2.75, 3.05) is 0 Å². The fraction of sp³-hybridized carbons (Fsp3) is 0.150. The lowest BCUT2D eigenvalue weighted by molar-refractivity contribution is 0.138. The monoisotopic (exact) mass is 333 g/mol. The van der Waals surface area contributed by atoms with Crippen LogP contribution in [0.4, 0.5) is 4.79 Å². The van der Waals surface area contributed by atoms with Crippen molar-refractivity contribution in [1.82, 2.24) is 10.3 Å². The molecule has 2 aromatic carbocycles. The number of nitrogens with zero attached hydrogens (tertiary/aromatic N) is 1. The Labute approximate surface area is 145 Å². The first kappa shape index (κ1) is 16.6. The third-order valence-corrected chi connectivity index (χ3v) is 3.81. The van der Waals surface area contributed by atoms with Gasteiger partial charge in [-0.2, -0.15) is 0 Å². The van der Waals surface area contributed by atoms with E-state index in [-0.39, 0.29) is 6.61 Å². The van der Waals surface area contributed by atoms with Crippen LogP contribution in [0.1, 0.15) is 11.1 Å². The first-order valence-electron chi connectivity index (χ1n) is 7.94. The number of nitrogens with one attached hydrogen (secondary N) is 1. The normalized spacial score (nSPS) is 11.7. The second-order valence-electron chi connectivity index (χ2n) is 5.57. The summed E-state index contributed by atoms with van der Waals surface area (Å²) in [6.45, 7) is 0.149. The molecular formula is C20H17N2O3. The van der Waals surface area contributed by atoms with Gasteiger partial charge in [0.1, 0.15) is 12.6 Å². The highest BCUT2D eigenvalue weighted by molar-refractivity contribution is 5.83. The topological polar surface area (TPSA) is 68.3 Å². The van der Waals surface area contributed by atoms with Crippen molar-refractivity contribution >= 4 is 23.3 Å². The molecular weight excluding hydrogens is 316 g/mol. The summed E-state index contributed by atoms with van der Waals surface area (Å²) in [4.78, 5) is 27.4. The Morgan fingerprint density at radius 3 is 2.72 bits per heavy atom. The highest BCUT2D eigenvalue weighted by atomic mass is 16.5. The Hall–Kier alpha value is -3.21. The molecule has 3 aromatic rings. The van der Waals surface area contributed by atoms with Gasteiger partial charge in [0, 0.05) is 18.0 Å². The molecule has 1 amide bonds. The van der Waals surface area contributed by atoms with Crippen molar-refractivity contribution in [2.45, 2.75) is 19.1 Å². The number of benzene rings is 2. The molecule has 3 rings (SSSR count). The fourth-order valence-electron chi connectivity index (χ4n) is 2.59. The van der Waals surface area contributed by atoms with Gasteiger partial charge in [-0.3, -0.25) is 9.78 Å². The number of rotatable bonds is 6. The van der Waals surface area contributed by atoms with Crippen LogP contribution in [0.3, 0.4) is 0 Å². The quantitative estimate of drug-likeness (QED) is 0.752. The van der Waals surface area contributed by atoms with Crippen molar-refractivity contribution in [3.05, 3.63) is 78.0 Å². The van der Waals surface area contributed by atoms with Crippen LogP contribution < -0.4 is 5.32 Å². The molecule has 1 radical (unpaired) electrons. The van der Waals surface area contributed by atoms with Crippen molar-refractivity contribution in [1.29, 1.82) is 0 Å². The summed E-state index contributed by atoms with van der Waals surface area (Å²) in [5, 5.41) is 3.49.